The standard InChI is InChI=1S/C15H24N4O2/c1-3-8-18(11-13-4-6-16-7-5-13)15-9-12(2)14(10-17-15)19(20)21/h9-10,13,16H,3-8,11H2,1-2H3. The Balaban J connectivity index is 2.13. The van der Waals surface area contributed by atoms with Crippen molar-refractivity contribution >= 4 is 11.5 Å². The highest BCUT2D eigenvalue weighted by Gasteiger charge is 2.19. The molecule has 1 saturated heterocycles. The van der Waals surface area contributed by atoms with Gasteiger partial charge in [0.2, 0.25) is 0 Å². The van der Waals surface area contributed by atoms with Crippen LogP contribution in [0.1, 0.15) is 31.7 Å². The average Bonchev–Trinajstić information content (AvgIpc) is 2.47. The Morgan fingerprint density at radius 3 is 2.76 bits per heavy atom. The Kier molecular flexibility index (Phi) is 5.50. The smallest absolute Gasteiger partial charge is 0.290 e. The van der Waals surface area contributed by atoms with Gasteiger partial charge in [0.1, 0.15) is 12.0 Å². The normalized spacial score (nSPS) is 15.9. The van der Waals surface area contributed by atoms with Crippen molar-refractivity contribution in [1.29, 1.82) is 0 Å². The minimum Gasteiger partial charge on any atom is -0.356 e. The van der Waals surface area contributed by atoms with Gasteiger partial charge in [-0.05, 0) is 51.3 Å². The second kappa shape index (κ2) is 7.36. The number of piperidine rings is 1. The highest BCUT2D eigenvalue weighted by Crippen LogP contribution is 2.23. The number of hydrogen-bond donors (Lipinski definition) is 1. The maximum absolute atomic E-state index is 10.9. The molecule has 0 aliphatic carbocycles. The molecule has 0 saturated carbocycles. The van der Waals surface area contributed by atoms with Crippen molar-refractivity contribution in [3.63, 3.8) is 0 Å². The molecule has 0 amide bonds. The van der Waals surface area contributed by atoms with E-state index in [4.69, 9.17) is 0 Å². The third-order valence-corrected chi connectivity index (χ3v) is 4.02. The molecule has 2 heterocycles. The number of nitro groups is 1. The van der Waals surface area contributed by atoms with Crippen LogP contribution in [-0.4, -0.2) is 36.1 Å². The molecule has 1 fully saturated rings. The van der Waals surface area contributed by atoms with Gasteiger partial charge in [-0.15, -0.1) is 0 Å². The summed E-state index contributed by atoms with van der Waals surface area (Å²) in [4.78, 5) is 17.1. The Labute approximate surface area is 125 Å². The number of aromatic nitrogens is 1. The molecule has 1 aromatic heterocycles. The lowest BCUT2D eigenvalue weighted by Gasteiger charge is -2.30. The molecule has 0 bridgehead atoms. The number of aryl methyl sites for hydroxylation is 1. The van der Waals surface area contributed by atoms with Crippen LogP contribution in [0.5, 0.6) is 0 Å². The molecule has 116 valence electrons. The van der Waals surface area contributed by atoms with Crippen molar-refractivity contribution in [3.8, 4) is 0 Å². The zero-order chi connectivity index (χ0) is 15.2. The van der Waals surface area contributed by atoms with Crippen molar-refractivity contribution in [3.05, 3.63) is 27.9 Å². The lowest BCUT2D eigenvalue weighted by atomic mass is 9.97. The van der Waals surface area contributed by atoms with Gasteiger partial charge in [0.05, 0.1) is 4.92 Å². The van der Waals surface area contributed by atoms with Crippen molar-refractivity contribution in [2.24, 2.45) is 5.92 Å². The molecule has 0 radical (unpaired) electrons. The van der Waals surface area contributed by atoms with Crippen LogP contribution in [0.2, 0.25) is 0 Å². The molecule has 6 heteroatoms. The highest BCUT2D eigenvalue weighted by molar-refractivity contribution is 5.48. The Bertz CT molecular complexity index is 487. The predicted octanol–water partition coefficient (Wildman–Crippen LogP) is 2.51. The third kappa shape index (κ3) is 4.14. The minimum atomic E-state index is -0.372. The van der Waals surface area contributed by atoms with Crippen LogP contribution >= 0.6 is 0 Å². The largest absolute Gasteiger partial charge is 0.356 e. The predicted molar refractivity (Wildman–Crippen MR) is 83.7 cm³/mol. The van der Waals surface area contributed by atoms with Gasteiger partial charge >= 0.3 is 0 Å². The van der Waals surface area contributed by atoms with Gasteiger partial charge in [0, 0.05) is 18.7 Å². The van der Waals surface area contributed by atoms with Crippen molar-refractivity contribution in [2.75, 3.05) is 31.1 Å². The molecule has 1 N–H and O–H groups in total. The number of rotatable bonds is 6. The van der Waals surface area contributed by atoms with E-state index >= 15 is 0 Å². The summed E-state index contributed by atoms with van der Waals surface area (Å²) >= 11 is 0. The second-order valence-electron chi connectivity index (χ2n) is 5.73. The molecular weight excluding hydrogens is 268 g/mol. The molecule has 1 aliphatic heterocycles. The van der Waals surface area contributed by atoms with E-state index in [0.29, 0.717) is 11.5 Å². The van der Waals surface area contributed by atoms with Crippen LogP contribution in [0.3, 0.4) is 0 Å². The maximum Gasteiger partial charge on any atom is 0.290 e. The first-order valence-electron chi connectivity index (χ1n) is 7.68. The van der Waals surface area contributed by atoms with Crippen molar-refractivity contribution < 1.29 is 4.92 Å². The fourth-order valence-electron chi connectivity index (χ4n) is 2.84. The molecule has 6 nitrogen and oxygen atoms in total. The maximum atomic E-state index is 10.9. The quantitative estimate of drug-likeness (QED) is 0.644. The van der Waals surface area contributed by atoms with Crippen molar-refractivity contribution in [2.45, 2.75) is 33.1 Å². The fraction of sp³-hybridized carbons (Fsp3) is 0.667. The van der Waals surface area contributed by atoms with Gasteiger partial charge in [-0.1, -0.05) is 6.92 Å². The Hall–Kier alpha value is -1.69. The van der Waals surface area contributed by atoms with E-state index < -0.39 is 0 Å². The Morgan fingerprint density at radius 2 is 2.19 bits per heavy atom. The molecule has 1 aromatic rings. The number of nitrogens with one attached hydrogen (secondary N) is 1. The SMILES string of the molecule is CCCN(CC1CCNCC1)c1cc(C)c([N+](=O)[O-])cn1. The van der Waals surface area contributed by atoms with Gasteiger partial charge in [-0.25, -0.2) is 4.98 Å². The minimum absolute atomic E-state index is 0.0945. The van der Waals surface area contributed by atoms with E-state index in [2.05, 4.69) is 22.1 Å². The summed E-state index contributed by atoms with van der Waals surface area (Å²) in [5.41, 5.74) is 0.772. The van der Waals surface area contributed by atoms with Crippen LogP contribution in [0, 0.1) is 23.0 Å². The van der Waals surface area contributed by atoms with Gasteiger partial charge in [-0.2, -0.15) is 0 Å². The number of anilines is 1. The molecule has 0 unspecified atom stereocenters. The highest BCUT2D eigenvalue weighted by atomic mass is 16.6. The van der Waals surface area contributed by atoms with E-state index in [0.717, 1.165) is 38.4 Å². The number of pyridine rings is 1. The zero-order valence-corrected chi connectivity index (χ0v) is 12.8. The molecule has 0 spiro atoms. The summed E-state index contributed by atoms with van der Waals surface area (Å²) in [7, 11) is 0. The summed E-state index contributed by atoms with van der Waals surface area (Å²) in [5.74, 6) is 1.54. The molecular formula is C15H24N4O2. The lowest BCUT2D eigenvalue weighted by Crippen LogP contribution is -2.37. The van der Waals surface area contributed by atoms with Crippen molar-refractivity contribution in [1.82, 2.24) is 10.3 Å². The average molecular weight is 292 g/mol. The molecule has 0 aromatic carbocycles. The zero-order valence-electron chi connectivity index (χ0n) is 12.8. The monoisotopic (exact) mass is 292 g/mol. The van der Waals surface area contributed by atoms with Gasteiger partial charge < -0.3 is 10.2 Å². The number of nitrogens with zero attached hydrogens (tertiary/aromatic N) is 3. The van der Waals surface area contributed by atoms with Crippen LogP contribution in [-0.2, 0) is 0 Å². The van der Waals surface area contributed by atoms with E-state index in [1.807, 2.05) is 6.07 Å². The first kappa shape index (κ1) is 15.7. The van der Waals surface area contributed by atoms with Gasteiger partial charge in [-0.3, -0.25) is 10.1 Å². The first-order chi connectivity index (χ1) is 10.1. The van der Waals surface area contributed by atoms with E-state index in [-0.39, 0.29) is 10.6 Å². The third-order valence-electron chi connectivity index (χ3n) is 4.02. The molecule has 2 rings (SSSR count). The van der Waals surface area contributed by atoms with Crippen LogP contribution < -0.4 is 10.2 Å². The second-order valence-corrected chi connectivity index (χ2v) is 5.73. The van der Waals surface area contributed by atoms with Crippen LogP contribution in [0.15, 0.2) is 12.3 Å². The first-order valence-corrected chi connectivity index (χ1v) is 7.68. The van der Waals surface area contributed by atoms with E-state index in [9.17, 15) is 10.1 Å². The van der Waals surface area contributed by atoms with Gasteiger partial charge in [0.25, 0.3) is 5.69 Å². The summed E-state index contributed by atoms with van der Waals surface area (Å²) in [6, 6.07) is 1.84. The summed E-state index contributed by atoms with van der Waals surface area (Å²) in [6.45, 7) is 8.01. The van der Waals surface area contributed by atoms with Crippen LogP contribution in [0.25, 0.3) is 0 Å². The topological polar surface area (TPSA) is 71.3 Å². The summed E-state index contributed by atoms with van der Waals surface area (Å²) in [5, 5.41) is 14.3. The molecule has 0 atom stereocenters. The lowest BCUT2D eigenvalue weighted by molar-refractivity contribution is -0.385. The van der Waals surface area contributed by atoms with E-state index in [1.165, 1.54) is 19.0 Å². The van der Waals surface area contributed by atoms with Crippen LogP contribution in [0.4, 0.5) is 11.5 Å². The summed E-state index contributed by atoms with van der Waals surface area (Å²) < 4.78 is 0. The van der Waals surface area contributed by atoms with Gasteiger partial charge in [0.15, 0.2) is 0 Å². The summed E-state index contributed by atoms with van der Waals surface area (Å²) in [6.07, 6.45) is 4.80. The van der Waals surface area contributed by atoms with E-state index in [1.54, 1.807) is 6.92 Å². The Morgan fingerprint density at radius 1 is 1.48 bits per heavy atom. The molecule has 1 aliphatic rings. The number of hydrogen-bond acceptors (Lipinski definition) is 5. The fourth-order valence-corrected chi connectivity index (χ4v) is 2.84. The molecule has 21 heavy (non-hydrogen) atoms.